The van der Waals surface area contributed by atoms with Crippen LogP contribution < -0.4 is 5.73 Å². The standard InChI is InChI=1S/C23H25N3O3/c1-15(24)18-8-5-11-25(14-18)21(27)17-7-4-6-16(12-17)13-26-22(28)19-9-2-3-10-20(19)23(26)29/h2-4,6-7,9-10,12,15,18H,5,8,11,13-14,24H2,1H3. The molecule has 2 aliphatic rings. The Labute approximate surface area is 170 Å². The summed E-state index contributed by atoms with van der Waals surface area (Å²) in [4.78, 5) is 41.3. The fourth-order valence-corrected chi connectivity index (χ4v) is 4.17. The maximum Gasteiger partial charge on any atom is 0.261 e. The second-order valence-electron chi connectivity index (χ2n) is 7.96. The first kappa shape index (κ1) is 19.3. The van der Waals surface area contributed by atoms with Gasteiger partial charge in [0, 0.05) is 24.7 Å². The molecule has 0 saturated carbocycles. The van der Waals surface area contributed by atoms with Crippen molar-refractivity contribution in [2.45, 2.75) is 32.4 Å². The number of carbonyl (C=O) groups is 3. The van der Waals surface area contributed by atoms with Crippen LogP contribution in [-0.2, 0) is 6.54 Å². The Kier molecular flexibility index (Phi) is 5.20. The first-order valence-electron chi connectivity index (χ1n) is 10.0. The van der Waals surface area contributed by atoms with Crippen molar-refractivity contribution in [2.24, 2.45) is 11.7 Å². The minimum absolute atomic E-state index is 0.0282. The van der Waals surface area contributed by atoms with Crippen molar-refractivity contribution in [1.82, 2.24) is 9.80 Å². The van der Waals surface area contributed by atoms with Crippen molar-refractivity contribution < 1.29 is 14.4 Å². The van der Waals surface area contributed by atoms with E-state index in [2.05, 4.69) is 0 Å². The van der Waals surface area contributed by atoms with Gasteiger partial charge in [0.15, 0.2) is 0 Å². The Bertz CT molecular complexity index is 934. The number of imide groups is 1. The number of piperidine rings is 1. The number of fused-ring (bicyclic) bond motifs is 1. The molecule has 0 aromatic heterocycles. The van der Waals surface area contributed by atoms with E-state index in [0.29, 0.717) is 29.2 Å². The average Bonchev–Trinajstić information content (AvgIpc) is 2.98. The SMILES string of the molecule is CC(N)C1CCCN(C(=O)c2cccc(CN3C(=O)c4ccccc4C3=O)c2)C1. The molecule has 2 aromatic carbocycles. The maximum absolute atomic E-state index is 13.0. The number of rotatable bonds is 4. The van der Waals surface area contributed by atoms with Gasteiger partial charge in [-0.15, -0.1) is 0 Å². The van der Waals surface area contributed by atoms with E-state index in [1.807, 2.05) is 17.9 Å². The number of nitrogens with two attached hydrogens (primary N) is 1. The summed E-state index contributed by atoms with van der Waals surface area (Å²) in [7, 11) is 0. The van der Waals surface area contributed by atoms with Gasteiger partial charge in [-0.2, -0.15) is 0 Å². The van der Waals surface area contributed by atoms with Gasteiger partial charge >= 0.3 is 0 Å². The molecule has 2 heterocycles. The Balaban J connectivity index is 1.50. The highest BCUT2D eigenvalue weighted by atomic mass is 16.2. The lowest BCUT2D eigenvalue weighted by molar-refractivity contribution is 0.0641. The molecule has 2 unspecified atom stereocenters. The minimum atomic E-state index is -0.293. The summed E-state index contributed by atoms with van der Waals surface area (Å²) in [5, 5.41) is 0. The van der Waals surface area contributed by atoms with E-state index in [1.54, 1.807) is 42.5 Å². The Morgan fingerprint density at radius 3 is 2.45 bits per heavy atom. The molecule has 1 fully saturated rings. The predicted octanol–water partition coefficient (Wildman–Crippen LogP) is 2.68. The highest BCUT2D eigenvalue weighted by Gasteiger charge is 2.35. The average molecular weight is 391 g/mol. The van der Waals surface area contributed by atoms with Crippen LogP contribution in [0.1, 0.15) is 56.4 Å². The molecule has 2 atom stereocenters. The Morgan fingerprint density at radius 1 is 1.10 bits per heavy atom. The lowest BCUT2D eigenvalue weighted by Crippen LogP contribution is -2.45. The number of hydrogen-bond donors (Lipinski definition) is 1. The predicted molar refractivity (Wildman–Crippen MR) is 109 cm³/mol. The van der Waals surface area contributed by atoms with E-state index in [-0.39, 0.29) is 30.3 Å². The molecule has 0 radical (unpaired) electrons. The molecule has 0 aliphatic carbocycles. The van der Waals surface area contributed by atoms with Gasteiger partial charge in [-0.25, -0.2) is 0 Å². The summed E-state index contributed by atoms with van der Waals surface area (Å²) in [6.45, 7) is 3.53. The van der Waals surface area contributed by atoms with Crippen molar-refractivity contribution in [2.75, 3.05) is 13.1 Å². The lowest BCUT2D eigenvalue weighted by atomic mass is 9.92. The normalized spacial score (nSPS) is 20.0. The smallest absolute Gasteiger partial charge is 0.261 e. The van der Waals surface area contributed by atoms with Crippen LogP contribution in [0.5, 0.6) is 0 Å². The second kappa shape index (κ2) is 7.79. The van der Waals surface area contributed by atoms with Crippen LogP contribution in [0.15, 0.2) is 48.5 Å². The van der Waals surface area contributed by atoms with E-state index in [1.165, 1.54) is 4.90 Å². The molecule has 2 aliphatic heterocycles. The van der Waals surface area contributed by atoms with Gasteiger partial charge in [0.25, 0.3) is 17.7 Å². The highest BCUT2D eigenvalue weighted by Crippen LogP contribution is 2.25. The molecule has 150 valence electrons. The summed E-state index contributed by atoms with van der Waals surface area (Å²) in [5.41, 5.74) is 8.23. The molecule has 4 rings (SSSR count). The van der Waals surface area contributed by atoms with Crippen LogP contribution in [-0.4, -0.2) is 46.7 Å². The monoisotopic (exact) mass is 391 g/mol. The van der Waals surface area contributed by atoms with Crippen molar-refractivity contribution in [1.29, 1.82) is 0 Å². The van der Waals surface area contributed by atoms with E-state index >= 15 is 0 Å². The van der Waals surface area contributed by atoms with Crippen LogP contribution >= 0.6 is 0 Å². The second-order valence-corrected chi connectivity index (χ2v) is 7.96. The summed E-state index contributed by atoms with van der Waals surface area (Å²) < 4.78 is 0. The molecule has 6 nitrogen and oxygen atoms in total. The van der Waals surface area contributed by atoms with E-state index < -0.39 is 0 Å². The molecule has 2 N–H and O–H groups in total. The quantitative estimate of drug-likeness (QED) is 0.812. The zero-order valence-corrected chi connectivity index (χ0v) is 16.5. The summed E-state index contributed by atoms with van der Waals surface area (Å²) in [6.07, 6.45) is 1.99. The van der Waals surface area contributed by atoms with Gasteiger partial charge in [-0.3, -0.25) is 19.3 Å². The van der Waals surface area contributed by atoms with Crippen LogP contribution in [0.3, 0.4) is 0 Å². The van der Waals surface area contributed by atoms with Gasteiger partial charge in [0.05, 0.1) is 17.7 Å². The van der Waals surface area contributed by atoms with Gasteiger partial charge in [0.2, 0.25) is 0 Å². The van der Waals surface area contributed by atoms with Gasteiger partial charge in [-0.05, 0) is 55.5 Å². The number of amides is 3. The Hall–Kier alpha value is -2.99. The molecule has 0 bridgehead atoms. The van der Waals surface area contributed by atoms with Gasteiger partial charge in [-0.1, -0.05) is 24.3 Å². The third kappa shape index (κ3) is 3.68. The van der Waals surface area contributed by atoms with Crippen molar-refractivity contribution >= 4 is 17.7 Å². The zero-order chi connectivity index (χ0) is 20.5. The molecule has 2 aromatic rings. The maximum atomic E-state index is 13.0. The molecular formula is C23H25N3O3. The van der Waals surface area contributed by atoms with E-state index in [0.717, 1.165) is 24.9 Å². The molecular weight excluding hydrogens is 366 g/mol. The fourth-order valence-electron chi connectivity index (χ4n) is 4.17. The number of benzene rings is 2. The molecule has 3 amide bonds. The summed E-state index contributed by atoms with van der Waals surface area (Å²) in [5.74, 6) is -0.301. The van der Waals surface area contributed by atoms with Crippen molar-refractivity contribution in [3.8, 4) is 0 Å². The van der Waals surface area contributed by atoms with Crippen LogP contribution in [0.25, 0.3) is 0 Å². The first-order chi connectivity index (χ1) is 14.0. The molecule has 0 spiro atoms. The Morgan fingerprint density at radius 2 is 1.79 bits per heavy atom. The number of hydrogen-bond acceptors (Lipinski definition) is 4. The third-order valence-electron chi connectivity index (χ3n) is 5.88. The van der Waals surface area contributed by atoms with Crippen LogP contribution in [0.4, 0.5) is 0 Å². The molecule has 6 heteroatoms. The van der Waals surface area contributed by atoms with Crippen LogP contribution in [0.2, 0.25) is 0 Å². The minimum Gasteiger partial charge on any atom is -0.338 e. The number of carbonyl (C=O) groups excluding carboxylic acids is 3. The number of likely N-dealkylation sites (tertiary alicyclic amines) is 1. The van der Waals surface area contributed by atoms with Crippen LogP contribution in [0, 0.1) is 5.92 Å². The largest absolute Gasteiger partial charge is 0.338 e. The van der Waals surface area contributed by atoms with Crippen molar-refractivity contribution in [3.05, 3.63) is 70.8 Å². The van der Waals surface area contributed by atoms with Crippen molar-refractivity contribution in [3.63, 3.8) is 0 Å². The van der Waals surface area contributed by atoms with Gasteiger partial charge in [0.1, 0.15) is 0 Å². The summed E-state index contributed by atoms with van der Waals surface area (Å²) >= 11 is 0. The fraction of sp³-hybridized carbons (Fsp3) is 0.348. The number of nitrogens with zero attached hydrogens (tertiary/aromatic N) is 2. The van der Waals surface area contributed by atoms with E-state index in [4.69, 9.17) is 5.73 Å². The summed E-state index contributed by atoms with van der Waals surface area (Å²) in [6, 6.07) is 14.1. The first-order valence-corrected chi connectivity index (χ1v) is 10.0. The lowest BCUT2D eigenvalue weighted by Gasteiger charge is -2.34. The zero-order valence-electron chi connectivity index (χ0n) is 16.5. The topological polar surface area (TPSA) is 83.7 Å². The molecule has 1 saturated heterocycles. The third-order valence-corrected chi connectivity index (χ3v) is 5.88. The highest BCUT2D eigenvalue weighted by molar-refractivity contribution is 6.21. The molecule has 29 heavy (non-hydrogen) atoms. The van der Waals surface area contributed by atoms with Gasteiger partial charge < -0.3 is 10.6 Å². The van der Waals surface area contributed by atoms with E-state index in [9.17, 15) is 14.4 Å².